The molecule has 0 atom stereocenters. The van der Waals surface area contributed by atoms with Crippen LogP contribution in [-0.4, -0.2) is 31.8 Å². The zero-order chi connectivity index (χ0) is 20.0. The van der Waals surface area contributed by atoms with Gasteiger partial charge in [-0.05, 0) is 42.3 Å². The smallest absolute Gasteiger partial charge is 0.290 e. The van der Waals surface area contributed by atoms with Gasteiger partial charge in [-0.2, -0.15) is 9.61 Å². The fourth-order valence-electron chi connectivity index (χ4n) is 3.19. The zero-order valence-corrected chi connectivity index (χ0v) is 16.2. The zero-order valence-electron chi connectivity index (χ0n) is 15.4. The Morgan fingerprint density at radius 1 is 1.31 bits per heavy atom. The number of amides is 2. The lowest BCUT2D eigenvalue weighted by Gasteiger charge is -2.11. The first-order valence-electron chi connectivity index (χ1n) is 9.30. The predicted molar refractivity (Wildman–Crippen MR) is 112 cm³/mol. The molecule has 0 radical (unpaired) electrons. The summed E-state index contributed by atoms with van der Waals surface area (Å²) in [6, 6.07) is 10.4. The van der Waals surface area contributed by atoms with Gasteiger partial charge in [-0.1, -0.05) is 18.2 Å². The highest BCUT2D eigenvalue weighted by Gasteiger charge is 2.26. The Hall–Kier alpha value is -3.17. The minimum Gasteiger partial charge on any atom is -0.367 e. The third-order valence-corrected chi connectivity index (χ3v) is 5.63. The van der Waals surface area contributed by atoms with E-state index in [1.807, 2.05) is 30.3 Å². The van der Waals surface area contributed by atoms with Crippen LogP contribution in [0, 0.1) is 0 Å². The average molecular weight is 406 g/mol. The van der Waals surface area contributed by atoms with Gasteiger partial charge in [-0.15, -0.1) is 0 Å². The molecule has 1 aromatic carbocycles. The standard InChI is InChI=1S/C20H18N6O2S/c21-9-11-2-1-3-12(6-11)15-8-17(23-14-4-5-14)26-18(24-15)13(10-22-26)7-16-19(27)25-20(28)29-16/h1-3,6-8,10,14,23H,4-5,9,21H2,(H,25,27,28)/b16-7-. The van der Waals surface area contributed by atoms with Crippen LogP contribution in [0.3, 0.4) is 0 Å². The summed E-state index contributed by atoms with van der Waals surface area (Å²) in [6.07, 6.45) is 5.56. The molecule has 4 N–H and O–H groups in total. The van der Waals surface area contributed by atoms with Gasteiger partial charge in [-0.3, -0.25) is 14.9 Å². The average Bonchev–Trinajstić information content (AvgIpc) is 3.36. The van der Waals surface area contributed by atoms with Crippen molar-refractivity contribution < 1.29 is 9.59 Å². The van der Waals surface area contributed by atoms with Gasteiger partial charge in [0.05, 0.1) is 16.8 Å². The van der Waals surface area contributed by atoms with E-state index in [4.69, 9.17) is 10.7 Å². The molecule has 1 saturated heterocycles. The molecule has 1 aliphatic heterocycles. The lowest BCUT2D eigenvalue weighted by Crippen LogP contribution is -2.17. The monoisotopic (exact) mass is 406 g/mol. The molecule has 8 nitrogen and oxygen atoms in total. The second-order valence-electron chi connectivity index (χ2n) is 7.04. The van der Waals surface area contributed by atoms with Crippen molar-refractivity contribution in [2.24, 2.45) is 5.73 Å². The first-order valence-corrected chi connectivity index (χ1v) is 10.1. The molecule has 2 aliphatic rings. The molecule has 9 heteroatoms. The molecule has 3 heterocycles. The quantitative estimate of drug-likeness (QED) is 0.558. The van der Waals surface area contributed by atoms with Crippen molar-refractivity contribution in [1.82, 2.24) is 19.9 Å². The molecule has 29 heavy (non-hydrogen) atoms. The number of nitrogens with one attached hydrogen (secondary N) is 2. The van der Waals surface area contributed by atoms with Gasteiger partial charge in [0.2, 0.25) is 0 Å². The number of fused-ring (bicyclic) bond motifs is 1. The molecule has 5 rings (SSSR count). The van der Waals surface area contributed by atoms with Gasteiger partial charge in [0.25, 0.3) is 11.1 Å². The summed E-state index contributed by atoms with van der Waals surface area (Å²) in [5.41, 5.74) is 9.85. The largest absolute Gasteiger partial charge is 0.367 e. The fraction of sp³-hybridized carbons (Fsp3) is 0.200. The van der Waals surface area contributed by atoms with Crippen molar-refractivity contribution in [3.63, 3.8) is 0 Å². The van der Waals surface area contributed by atoms with E-state index in [1.54, 1.807) is 16.8 Å². The number of carbonyl (C=O) groups excluding carboxylic acids is 2. The first kappa shape index (κ1) is 17.9. The second kappa shape index (κ2) is 7.02. The molecule has 2 amide bonds. The van der Waals surface area contributed by atoms with E-state index in [-0.39, 0.29) is 5.24 Å². The predicted octanol–water partition coefficient (Wildman–Crippen LogP) is 2.75. The highest BCUT2D eigenvalue weighted by atomic mass is 32.2. The van der Waals surface area contributed by atoms with E-state index in [0.717, 1.165) is 47.2 Å². The van der Waals surface area contributed by atoms with Crippen LogP contribution in [0.5, 0.6) is 0 Å². The molecule has 1 saturated carbocycles. The molecule has 1 aliphatic carbocycles. The van der Waals surface area contributed by atoms with E-state index in [1.165, 1.54) is 0 Å². The number of nitrogens with zero attached hydrogens (tertiary/aromatic N) is 3. The minimum atomic E-state index is -0.400. The Bertz CT molecular complexity index is 1180. The second-order valence-corrected chi connectivity index (χ2v) is 8.05. The number of thioether (sulfide) groups is 1. The number of imide groups is 1. The molecule has 0 bridgehead atoms. The van der Waals surface area contributed by atoms with Crippen LogP contribution < -0.4 is 16.4 Å². The van der Waals surface area contributed by atoms with Gasteiger partial charge in [0.15, 0.2) is 5.65 Å². The van der Waals surface area contributed by atoms with Gasteiger partial charge < -0.3 is 11.1 Å². The molecule has 3 aromatic rings. The summed E-state index contributed by atoms with van der Waals surface area (Å²) in [4.78, 5) is 28.5. The highest BCUT2D eigenvalue weighted by Crippen LogP contribution is 2.31. The van der Waals surface area contributed by atoms with Gasteiger partial charge in [0, 0.05) is 29.8 Å². The maximum Gasteiger partial charge on any atom is 0.290 e. The number of benzene rings is 1. The third-order valence-electron chi connectivity index (χ3n) is 4.82. The van der Waals surface area contributed by atoms with Crippen LogP contribution in [-0.2, 0) is 11.3 Å². The molecular weight excluding hydrogens is 388 g/mol. The minimum absolute atomic E-state index is 0.332. The molecule has 146 valence electrons. The maximum atomic E-state index is 11.9. The van der Waals surface area contributed by atoms with E-state index in [9.17, 15) is 9.59 Å². The van der Waals surface area contributed by atoms with Gasteiger partial charge >= 0.3 is 0 Å². The van der Waals surface area contributed by atoms with Crippen molar-refractivity contribution >= 4 is 40.4 Å². The summed E-state index contributed by atoms with van der Waals surface area (Å²) in [6.45, 7) is 0.452. The molecule has 0 spiro atoms. The van der Waals surface area contributed by atoms with E-state index < -0.39 is 5.91 Å². The molecular formula is C20H18N6O2S. The van der Waals surface area contributed by atoms with Crippen molar-refractivity contribution in [3.8, 4) is 11.3 Å². The number of carbonyl (C=O) groups is 2. The third kappa shape index (κ3) is 3.50. The first-order chi connectivity index (χ1) is 14.1. The Balaban J connectivity index is 1.65. The topological polar surface area (TPSA) is 114 Å². The van der Waals surface area contributed by atoms with Crippen LogP contribution in [0.15, 0.2) is 41.4 Å². The fourth-order valence-corrected chi connectivity index (χ4v) is 3.86. The highest BCUT2D eigenvalue weighted by molar-refractivity contribution is 8.18. The number of aromatic nitrogens is 3. The lowest BCUT2D eigenvalue weighted by atomic mass is 10.1. The summed E-state index contributed by atoms with van der Waals surface area (Å²) >= 11 is 0.878. The van der Waals surface area contributed by atoms with Crippen LogP contribution in [0.1, 0.15) is 24.0 Å². The number of hydrogen-bond acceptors (Lipinski definition) is 7. The SMILES string of the molecule is NCc1cccc(-c2cc(NC3CC3)n3ncc(/C=C4\SC(=O)NC4=O)c3n2)c1. The van der Waals surface area contributed by atoms with Crippen molar-refractivity contribution in [3.05, 3.63) is 52.6 Å². The summed E-state index contributed by atoms with van der Waals surface area (Å²) in [5, 5.41) is 9.85. The summed E-state index contributed by atoms with van der Waals surface area (Å²) in [5.74, 6) is 0.442. The number of hydrogen-bond donors (Lipinski definition) is 3. The number of nitrogens with two attached hydrogens (primary N) is 1. The number of rotatable bonds is 5. The summed E-state index contributed by atoms with van der Waals surface area (Å²) < 4.78 is 1.74. The lowest BCUT2D eigenvalue weighted by molar-refractivity contribution is -0.115. The van der Waals surface area contributed by atoms with Crippen LogP contribution in [0.25, 0.3) is 23.0 Å². The van der Waals surface area contributed by atoms with Crippen LogP contribution in [0.2, 0.25) is 0 Å². The Morgan fingerprint density at radius 3 is 2.90 bits per heavy atom. The molecule has 2 fully saturated rings. The number of anilines is 1. The Labute approximate surface area is 170 Å². The van der Waals surface area contributed by atoms with Crippen molar-refractivity contribution in [2.75, 3.05) is 5.32 Å². The van der Waals surface area contributed by atoms with E-state index in [0.29, 0.717) is 28.7 Å². The Kier molecular flexibility index (Phi) is 4.33. The van der Waals surface area contributed by atoms with E-state index >= 15 is 0 Å². The molecule has 0 unspecified atom stereocenters. The van der Waals surface area contributed by atoms with E-state index in [2.05, 4.69) is 15.7 Å². The normalized spacial score (nSPS) is 17.9. The maximum absolute atomic E-state index is 11.9. The molecule has 2 aromatic heterocycles. The van der Waals surface area contributed by atoms with Gasteiger partial charge in [0.1, 0.15) is 5.82 Å². The van der Waals surface area contributed by atoms with Gasteiger partial charge in [-0.25, -0.2) is 4.98 Å². The van der Waals surface area contributed by atoms with Crippen LogP contribution in [0.4, 0.5) is 10.6 Å². The van der Waals surface area contributed by atoms with Crippen molar-refractivity contribution in [2.45, 2.75) is 25.4 Å². The summed E-state index contributed by atoms with van der Waals surface area (Å²) in [7, 11) is 0. The van der Waals surface area contributed by atoms with Crippen LogP contribution >= 0.6 is 11.8 Å². The Morgan fingerprint density at radius 2 is 2.17 bits per heavy atom. The van der Waals surface area contributed by atoms with Crippen molar-refractivity contribution in [1.29, 1.82) is 0 Å².